The SMILES string of the molecule is CCN(CC1CCCCO1)C(=O)CN1CCCCC1=O. The smallest absolute Gasteiger partial charge is 0.242 e. The summed E-state index contributed by atoms with van der Waals surface area (Å²) in [5.74, 6) is 0.173. The van der Waals surface area contributed by atoms with Gasteiger partial charge in [0.2, 0.25) is 11.8 Å². The van der Waals surface area contributed by atoms with Crippen molar-refractivity contribution in [3.8, 4) is 0 Å². The van der Waals surface area contributed by atoms with Crippen LogP contribution in [0.1, 0.15) is 45.4 Å². The van der Waals surface area contributed by atoms with Crippen LogP contribution in [0.5, 0.6) is 0 Å². The monoisotopic (exact) mass is 282 g/mol. The zero-order valence-corrected chi connectivity index (χ0v) is 12.5. The predicted octanol–water partition coefficient (Wildman–Crippen LogP) is 1.42. The molecule has 1 unspecified atom stereocenters. The van der Waals surface area contributed by atoms with Gasteiger partial charge < -0.3 is 14.5 Å². The Kier molecular flexibility index (Phi) is 5.83. The fourth-order valence-electron chi connectivity index (χ4n) is 2.90. The normalized spacial score (nSPS) is 23.8. The van der Waals surface area contributed by atoms with Gasteiger partial charge in [-0.3, -0.25) is 9.59 Å². The highest BCUT2D eigenvalue weighted by atomic mass is 16.5. The highest BCUT2D eigenvalue weighted by Gasteiger charge is 2.25. The van der Waals surface area contributed by atoms with E-state index in [1.807, 2.05) is 11.8 Å². The van der Waals surface area contributed by atoms with Crippen LogP contribution in [-0.2, 0) is 14.3 Å². The molecule has 2 heterocycles. The number of carbonyl (C=O) groups excluding carboxylic acids is 2. The van der Waals surface area contributed by atoms with Crippen LogP contribution in [0.2, 0.25) is 0 Å². The molecule has 2 fully saturated rings. The van der Waals surface area contributed by atoms with E-state index in [1.54, 1.807) is 4.90 Å². The molecule has 0 aliphatic carbocycles. The first-order chi connectivity index (χ1) is 9.70. The molecule has 2 aliphatic heterocycles. The second kappa shape index (κ2) is 7.62. The van der Waals surface area contributed by atoms with Crippen molar-refractivity contribution in [2.75, 3.05) is 32.8 Å². The Morgan fingerprint density at radius 1 is 1.35 bits per heavy atom. The summed E-state index contributed by atoms with van der Waals surface area (Å²) in [4.78, 5) is 27.6. The molecule has 5 nitrogen and oxygen atoms in total. The molecule has 0 radical (unpaired) electrons. The van der Waals surface area contributed by atoms with Gasteiger partial charge in [0.15, 0.2) is 0 Å². The maximum Gasteiger partial charge on any atom is 0.242 e. The average molecular weight is 282 g/mol. The number of carbonyl (C=O) groups is 2. The highest BCUT2D eigenvalue weighted by molar-refractivity contribution is 5.85. The van der Waals surface area contributed by atoms with Gasteiger partial charge in [0.05, 0.1) is 12.6 Å². The van der Waals surface area contributed by atoms with Crippen LogP contribution in [-0.4, -0.2) is 60.5 Å². The van der Waals surface area contributed by atoms with Gasteiger partial charge in [-0.1, -0.05) is 0 Å². The summed E-state index contributed by atoms with van der Waals surface area (Å²) in [6.07, 6.45) is 6.07. The lowest BCUT2D eigenvalue weighted by Gasteiger charge is -2.32. The van der Waals surface area contributed by atoms with Crippen molar-refractivity contribution in [1.82, 2.24) is 9.80 Å². The van der Waals surface area contributed by atoms with E-state index < -0.39 is 0 Å². The summed E-state index contributed by atoms with van der Waals surface area (Å²) in [6.45, 7) is 5.10. The minimum absolute atomic E-state index is 0.0527. The fourth-order valence-corrected chi connectivity index (χ4v) is 2.90. The summed E-state index contributed by atoms with van der Waals surface area (Å²) in [5.41, 5.74) is 0. The van der Waals surface area contributed by atoms with E-state index in [9.17, 15) is 9.59 Å². The maximum atomic E-state index is 12.3. The Hall–Kier alpha value is -1.10. The van der Waals surface area contributed by atoms with Crippen molar-refractivity contribution in [2.24, 2.45) is 0 Å². The van der Waals surface area contributed by atoms with Crippen molar-refractivity contribution < 1.29 is 14.3 Å². The van der Waals surface area contributed by atoms with E-state index >= 15 is 0 Å². The first kappa shape index (κ1) is 15.3. The van der Waals surface area contributed by atoms with Gasteiger partial charge in [-0.2, -0.15) is 0 Å². The summed E-state index contributed by atoms with van der Waals surface area (Å²) in [7, 11) is 0. The molecule has 2 saturated heterocycles. The molecule has 1 atom stereocenters. The quantitative estimate of drug-likeness (QED) is 0.766. The minimum Gasteiger partial charge on any atom is -0.376 e. The van der Waals surface area contributed by atoms with Crippen LogP contribution < -0.4 is 0 Å². The van der Waals surface area contributed by atoms with Crippen molar-refractivity contribution in [1.29, 1.82) is 0 Å². The largest absolute Gasteiger partial charge is 0.376 e. The Bertz CT molecular complexity index is 340. The number of piperidine rings is 1. The number of hydrogen-bond donors (Lipinski definition) is 0. The molecule has 114 valence electrons. The van der Waals surface area contributed by atoms with Gasteiger partial charge in [0.25, 0.3) is 0 Å². The predicted molar refractivity (Wildman–Crippen MR) is 76.3 cm³/mol. The third-order valence-corrected chi connectivity index (χ3v) is 4.18. The highest BCUT2D eigenvalue weighted by Crippen LogP contribution is 2.15. The van der Waals surface area contributed by atoms with E-state index in [2.05, 4.69) is 0 Å². The first-order valence-electron chi connectivity index (χ1n) is 7.88. The molecule has 0 N–H and O–H groups in total. The maximum absolute atomic E-state index is 12.3. The molecule has 2 rings (SSSR count). The summed E-state index contributed by atoms with van der Waals surface area (Å²) < 4.78 is 5.70. The third kappa shape index (κ3) is 4.20. The summed E-state index contributed by atoms with van der Waals surface area (Å²) in [5, 5.41) is 0. The number of likely N-dealkylation sites (tertiary alicyclic amines) is 1. The molecule has 0 bridgehead atoms. The molecular weight excluding hydrogens is 256 g/mol. The number of ether oxygens (including phenoxy) is 1. The van der Waals surface area contributed by atoms with E-state index in [0.717, 1.165) is 38.8 Å². The van der Waals surface area contributed by atoms with Crippen molar-refractivity contribution in [3.63, 3.8) is 0 Å². The second-order valence-corrected chi connectivity index (χ2v) is 5.69. The van der Waals surface area contributed by atoms with Crippen LogP contribution >= 0.6 is 0 Å². The van der Waals surface area contributed by atoms with Gasteiger partial charge in [-0.25, -0.2) is 0 Å². The Morgan fingerprint density at radius 2 is 2.20 bits per heavy atom. The van der Waals surface area contributed by atoms with Crippen molar-refractivity contribution in [3.05, 3.63) is 0 Å². The van der Waals surface area contributed by atoms with Crippen LogP contribution in [0.4, 0.5) is 0 Å². The average Bonchev–Trinajstić information content (AvgIpc) is 2.48. The fraction of sp³-hybridized carbons (Fsp3) is 0.867. The second-order valence-electron chi connectivity index (χ2n) is 5.69. The summed E-state index contributed by atoms with van der Waals surface area (Å²) >= 11 is 0. The first-order valence-corrected chi connectivity index (χ1v) is 7.88. The van der Waals surface area contributed by atoms with E-state index in [-0.39, 0.29) is 24.5 Å². The molecule has 0 aromatic carbocycles. The van der Waals surface area contributed by atoms with Gasteiger partial charge >= 0.3 is 0 Å². The van der Waals surface area contributed by atoms with Crippen molar-refractivity contribution in [2.45, 2.75) is 51.6 Å². The van der Waals surface area contributed by atoms with Crippen molar-refractivity contribution >= 4 is 11.8 Å². The van der Waals surface area contributed by atoms with E-state index in [0.29, 0.717) is 19.5 Å². The number of nitrogens with zero attached hydrogens (tertiary/aromatic N) is 2. The number of amides is 2. The Balaban J connectivity index is 1.82. The van der Waals surface area contributed by atoms with Crippen LogP contribution in [0, 0.1) is 0 Å². The zero-order chi connectivity index (χ0) is 14.4. The molecule has 0 saturated carbocycles. The summed E-state index contributed by atoms with van der Waals surface area (Å²) in [6, 6.07) is 0. The van der Waals surface area contributed by atoms with Gasteiger partial charge in [0, 0.05) is 32.7 Å². The van der Waals surface area contributed by atoms with Gasteiger partial charge in [-0.05, 0) is 39.0 Å². The molecular formula is C15H26N2O3. The topological polar surface area (TPSA) is 49.9 Å². The van der Waals surface area contributed by atoms with Crippen LogP contribution in [0.15, 0.2) is 0 Å². The molecule has 2 amide bonds. The third-order valence-electron chi connectivity index (χ3n) is 4.18. The number of rotatable bonds is 5. The molecule has 5 heteroatoms. The van der Waals surface area contributed by atoms with Gasteiger partial charge in [-0.15, -0.1) is 0 Å². The van der Waals surface area contributed by atoms with E-state index in [1.165, 1.54) is 6.42 Å². The molecule has 20 heavy (non-hydrogen) atoms. The standard InChI is InChI=1S/C15H26N2O3/c1-2-16(11-13-7-4-6-10-20-13)15(19)12-17-9-5-3-8-14(17)18/h13H,2-12H2,1H3. The molecule has 0 aromatic rings. The Labute approximate surface area is 121 Å². The number of hydrogen-bond acceptors (Lipinski definition) is 3. The molecule has 0 spiro atoms. The molecule has 0 aromatic heterocycles. The lowest BCUT2D eigenvalue weighted by molar-refractivity contribution is -0.143. The Morgan fingerprint density at radius 3 is 2.85 bits per heavy atom. The lowest BCUT2D eigenvalue weighted by Crippen LogP contribution is -2.47. The van der Waals surface area contributed by atoms with Crippen LogP contribution in [0.3, 0.4) is 0 Å². The lowest BCUT2D eigenvalue weighted by atomic mass is 10.1. The van der Waals surface area contributed by atoms with Crippen LogP contribution in [0.25, 0.3) is 0 Å². The van der Waals surface area contributed by atoms with Gasteiger partial charge in [0.1, 0.15) is 0 Å². The minimum atomic E-state index is 0.0527. The zero-order valence-electron chi connectivity index (χ0n) is 12.5. The van der Waals surface area contributed by atoms with E-state index in [4.69, 9.17) is 4.74 Å². The molecule has 2 aliphatic rings. The number of likely N-dealkylation sites (N-methyl/N-ethyl adjacent to an activating group) is 1.